The monoisotopic (exact) mass is 408 g/mol. The lowest BCUT2D eigenvalue weighted by Gasteiger charge is -2.21. The van der Waals surface area contributed by atoms with Crippen LogP contribution in [0.4, 0.5) is 28.8 Å². The maximum atomic E-state index is 13.0. The van der Waals surface area contributed by atoms with Gasteiger partial charge in [-0.25, -0.2) is 4.98 Å². The SMILES string of the molecule is Cc1ccc2c(c1)C(=O)N(C)c1cnc(Nc3cccc([S+](N)[O-])c3)nc1N2C. The molecule has 1 aliphatic heterocycles. The second-order valence-corrected chi connectivity index (χ2v) is 7.86. The summed E-state index contributed by atoms with van der Waals surface area (Å²) < 4.78 is 11.5. The molecular formula is C20H20N6O2S. The molecule has 3 aromatic rings. The van der Waals surface area contributed by atoms with Gasteiger partial charge in [-0.2, -0.15) is 4.98 Å². The number of anilines is 5. The number of rotatable bonds is 3. The third kappa shape index (κ3) is 3.51. The zero-order valence-corrected chi connectivity index (χ0v) is 17.0. The third-order valence-electron chi connectivity index (χ3n) is 4.80. The highest BCUT2D eigenvalue weighted by Gasteiger charge is 2.29. The molecule has 0 aliphatic carbocycles. The zero-order valence-electron chi connectivity index (χ0n) is 16.2. The summed E-state index contributed by atoms with van der Waals surface area (Å²) in [5.41, 5.74) is 3.67. The molecule has 0 spiro atoms. The Bertz CT molecular complexity index is 1100. The molecule has 0 saturated carbocycles. The molecule has 1 aromatic heterocycles. The van der Waals surface area contributed by atoms with Crippen LogP contribution >= 0.6 is 0 Å². The Morgan fingerprint density at radius 3 is 2.66 bits per heavy atom. The molecule has 1 amide bonds. The van der Waals surface area contributed by atoms with Gasteiger partial charge in [0.25, 0.3) is 5.91 Å². The summed E-state index contributed by atoms with van der Waals surface area (Å²) in [6, 6.07) is 12.7. The van der Waals surface area contributed by atoms with E-state index in [0.717, 1.165) is 11.3 Å². The fraction of sp³-hybridized carbons (Fsp3) is 0.150. The third-order valence-corrected chi connectivity index (χ3v) is 5.52. The minimum absolute atomic E-state index is 0.114. The normalized spacial score (nSPS) is 14.2. The maximum Gasteiger partial charge on any atom is 0.260 e. The number of hydrogen-bond donors (Lipinski definition) is 2. The van der Waals surface area contributed by atoms with Crippen LogP contribution in [0.5, 0.6) is 0 Å². The van der Waals surface area contributed by atoms with Crippen molar-refractivity contribution in [2.45, 2.75) is 11.8 Å². The summed E-state index contributed by atoms with van der Waals surface area (Å²) >= 11 is -1.58. The van der Waals surface area contributed by atoms with Gasteiger partial charge in [-0.15, -0.1) is 5.14 Å². The molecule has 1 atom stereocenters. The first-order chi connectivity index (χ1) is 13.8. The van der Waals surface area contributed by atoms with E-state index in [1.165, 1.54) is 0 Å². The summed E-state index contributed by atoms with van der Waals surface area (Å²) in [5, 5.41) is 8.56. The molecule has 29 heavy (non-hydrogen) atoms. The van der Waals surface area contributed by atoms with Crippen LogP contribution in [0, 0.1) is 6.92 Å². The second-order valence-electron chi connectivity index (χ2n) is 6.80. The average molecular weight is 408 g/mol. The van der Waals surface area contributed by atoms with Crippen molar-refractivity contribution in [3.05, 3.63) is 59.8 Å². The Hall–Kier alpha value is -3.14. The Labute approximate surface area is 171 Å². The molecule has 0 bridgehead atoms. The van der Waals surface area contributed by atoms with Gasteiger partial charge < -0.3 is 19.7 Å². The van der Waals surface area contributed by atoms with Gasteiger partial charge in [0.2, 0.25) is 5.95 Å². The van der Waals surface area contributed by atoms with Crippen molar-refractivity contribution in [2.24, 2.45) is 5.14 Å². The molecule has 1 unspecified atom stereocenters. The number of aryl methyl sites for hydroxylation is 1. The standard InChI is InChI=1S/C20H20N6O2S/c1-12-7-8-16-15(9-12)19(27)26(3)17-11-22-20(24-18(17)25(16)2)23-13-5-4-6-14(10-13)29(21)28/h4-11H,21H2,1-3H3,(H,22,23,24). The van der Waals surface area contributed by atoms with Crippen LogP contribution in [0.2, 0.25) is 0 Å². The summed E-state index contributed by atoms with van der Waals surface area (Å²) in [4.78, 5) is 25.9. The lowest BCUT2D eigenvalue weighted by atomic mass is 10.1. The van der Waals surface area contributed by atoms with Crippen molar-refractivity contribution >= 4 is 46.1 Å². The number of nitrogens with one attached hydrogen (secondary N) is 1. The Morgan fingerprint density at radius 1 is 1.10 bits per heavy atom. The molecule has 1 aliphatic rings. The van der Waals surface area contributed by atoms with Crippen LogP contribution in [0.3, 0.4) is 0 Å². The first kappa shape index (κ1) is 19.2. The van der Waals surface area contributed by atoms with Crippen molar-refractivity contribution < 1.29 is 9.35 Å². The average Bonchev–Trinajstić information content (AvgIpc) is 2.78. The van der Waals surface area contributed by atoms with Gasteiger partial charge in [-0.1, -0.05) is 17.7 Å². The van der Waals surface area contributed by atoms with Gasteiger partial charge in [0, 0.05) is 25.8 Å². The quantitative estimate of drug-likeness (QED) is 0.641. The number of amides is 1. The Kier molecular flexibility index (Phi) is 4.87. The number of carbonyl (C=O) groups excluding carboxylic acids is 1. The molecule has 0 fully saturated rings. The molecule has 2 heterocycles. The molecule has 0 radical (unpaired) electrons. The van der Waals surface area contributed by atoms with Crippen molar-refractivity contribution in [3.63, 3.8) is 0 Å². The molecular weight excluding hydrogens is 388 g/mol. The number of fused-ring (bicyclic) bond motifs is 2. The topological polar surface area (TPSA) is 110 Å². The summed E-state index contributed by atoms with van der Waals surface area (Å²) in [5.74, 6) is 0.836. The number of nitrogens with two attached hydrogens (primary N) is 1. The van der Waals surface area contributed by atoms with Gasteiger partial charge >= 0.3 is 0 Å². The predicted molar refractivity (Wildman–Crippen MR) is 114 cm³/mol. The van der Waals surface area contributed by atoms with Gasteiger partial charge in [-0.3, -0.25) is 4.79 Å². The largest absolute Gasteiger partial charge is 0.593 e. The van der Waals surface area contributed by atoms with E-state index in [1.807, 2.05) is 43.1 Å². The second kappa shape index (κ2) is 7.36. The van der Waals surface area contributed by atoms with E-state index in [1.54, 1.807) is 36.3 Å². The summed E-state index contributed by atoms with van der Waals surface area (Å²) in [7, 11) is 3.58. The first-order valence-corrected chi connectivity index (χ1v) is 10.1. The van der Waals surface area contributed by atoms with E-state index in [9.17, 15) is 9.35 Å². The van der Waals surface area contributed by atoms with E-state index in [4.69, 9.17) is 5.14 Å². The van der Waals surface area contributed by atoms with Crippen LogP contribution in [-0.2, 0) is 11.4 Å². The minimum Gasteiger partial charge on any atom is -0.593 e. The molecule has 2 aromatic carbocycles. The molecule has 8 nitrogen and oxygen atoms in total. The fourth-order valence-corrected chi connectivity index (χ4v) is 3.71. The van der Waals surface area contributed by atoms with Gasteiger partial charge in [0.05, 0.1) is 28.8 Å². The predicted octanol–water partition coefficient (Wildman–Crippen LogP) is 2.87. The van der Waals surface area contributed by atoms with Crippen LogP contribution in [0.15, 0.2) is 53.6 Å². The summed E-state index contributed by atoms with van der Waals surface area (Å²) in [6.07, 6.45) is 1.61. The lowest BCUT2D eigenvalue weighted by molar-refractivity contribution is 0.0994. The van der Waals surface area contributed by atoms with Crippen molar-refractivity contribution in [1.82, 2.24) is 9.97 Å². The fourth-order valence-electron chi connectivity index (χ4n) is 3.26. The van der Waals surface area contributed by atoms with Gasteiger partial charge in [-0.05, 0) is 31.2 Å². The number of carbonyl (C=O) groups is 1. The molecule has 3 N–H and O–H groups in total. The highest BCUT2D eigenvalue weighted by molar-refractivity contribution is 7.89. The number of hydrogen-bond acceptors (Lipinski definition) is 7. The van der Waals surface area contributed by atoms with Crippen LogP contribution in [0.1, 0.15) is 15.9 Å². The van der Waals surface area contributed by atoms with E-state index < -0.39 is 11.4 Å². The zero-order chi connectivity index (χ0) is 20.7. The van der Waals surface area contributed by atoms with E-state index in [0.29, 0.717) is 33.6 Å². The highest BCUT2D eigenvalue weighted by atomic mass is 32.2. The molecule has 0 saturated heterocycles. The van der Waals surface area contributed by atoms with Crippen LogP contribution in [-0.4, -0.2) is 34.5 Å². The molecule has 148 valence electrons. The molecule has 9 heteroatoms. The minimum atomic E-state index is -1.58. The number of nitrogens with zero attached hydrogens (tertiary/aromatic N) is 4. The lowest BCUT2D eigenvalue weighted by Crippen LogP contribution is -2.25. The maximum absolute atomic E-state index is 13.0. The number of aromatic nitrogens is 2. The molecule has 4 rings (SSSR count). The Morgan fingerprint density at radius 2 is 1.90 bits per heavy atom. The van der Waals surface area contributed by atoms with E-state index in [2.05, 4.69) is 15.3 Å². The summed E-state index contributed by atoms with van der Waals surface area (Å²) in [6.45, 7) is 1.95. The first-order valence-electron chi connectivity index (χ1n) is 8.88. The van der Waals surface area contributed by atoms with Crippen molar-refractivity contribution in [2.75, 3.05) is 29.2 Å². The van der Waals surface area contributed by atoms with Gasteiger partial charge in [0.1, 0.15) is 5.69 Å². The number of benzene rings is 2. The van der Waals surface area contributed by atoms with Crippen molar-refractivity contribution in [3.8, 4) is 0 Å². The van der Waals surface area contributed by atoms with Gasteiger partial charge in [0.15, 0.2) is 10.7 Å². The van der Waals surface area contributed by atoms with E-state index >= 15 is 0 Å². The Balaban J connectivity index is 1.75. The van der Waals surface area contributed by atoms with Crippen LogP contribution in [0.25, 0.3) is 0 Å². The smallest absolute Gasteiger partial charge is 0.260 e. The van der Waals surface area contributed by atoms with E-state index in [-0.39, 0.29) is 5.91 Å². The van der Waals surface area contributed by atoms with Crippen molar-refractivity contribution in [1.29, 1.82) is 0 Å². The van der Waals surface area contributed by atoms with Crippen LogP contribution < -0.4 is 20.3 Å². The highest BCUT2D eigenvalue weighted by Crippen LogP contribution is 2.38.